The Labute approximate surface area is 125 Å². The third-order valence-corrected chi connectivity index (χ3v) is 4.62. The normalized spacial score (nSPS) is 12.4. The lowest BCUT2D eigenvalue weighted by atomic mass is 10.2. The number of aromatic nitrogens is 4. The highest BCUT2D eigenvalue weighted by molar-refractivity contribution is 7.44. The minimum absolute atomic E-state index is 0.102. The van der Waals surface area contributed by atoms with E-state index in [9.17, 15) is 28.7 Å². The summed E-state index contributed by atoms with van der Waals surface area (Å²) in [7, 11) is -9.49. The van der Waals surface area contributed by atoms with Gasteiger partial charge in [-0.3, -0.25) is 24.6 Å². The molecular weight excluding hydrogens is 334 g/mol. The highest BCUT2D eigenvalue weighted by Crippen LogP contribution is 2.34. The van der Waals surface area contributed by atoms with Crippen molar-refractivity contribution in [2.24, 2.45) is 0 Å². The van der Waals surface area contributed by atoms with Crippen molar-refractivity contribution in [1.82, 2.24) is 9.97 Å². The Kier molecular flexibility index (Phi) is 4.53. The van der Waals surface area contributed by atoms with Crippen LogP contribution in [0.3, 0.4) is 0 Å². The van der Waals surface area contributed by atoms with Crippen molar-refractivity contribution < 1.29 is 37.4 Å². The summed E-state index contributed by atoms with van der Waals surface area (Å²) in [6.45, 7) is 1.70. The quantitative estimate of drug-likeness (QED) is 0.523. The third kappa shape index (κ3) is 3.27. The van der Waals surface area contributed by atoms with Gasteiger partial charge in [0.1, 0.15) is 11.9 Å². The Hall–Kier alpha value is -1.54. The smallest absolute Gasteiger partial charge is 0.271 e. The second-order valence-electron chi connectivity index (χ2n) is 4.25. The highest BCUT2D eigenvalue weighted by atomic mass is 31.2. The van der Waals surface area contributed by atoms with Gasteiger partial charge in [-0.15, -0.1) is 4.34 Å². The first kappa shape index (κ1) is 16.8. The van der Waals surface area contributed by atoms with Crippen LogP contribution in [0.5, 0.6) is 0 Å². The summed E-state index contributed by atoms with van der Waals surface area (Å²) in [5, 5.41) is 0. The average Bonchev–Trinajstić information content (AvgIpc) is 2.44. The van der Waals surface area contributed by atoms with Gasteiger partial charge in [0.2, 0.25) is 0 Å². The summed E-state index contributed by atoms with van der Waals surface area (Å²) < 4.78 is 24.5. The number of aryl methyl sites for hydroxylation is 1. The predicted molar refractivity (Wildman–Crippen MR) is 72.1 cm³/mol. The molecule has 4 N–H and O–H groups in total. The molecule has 0 spiro atoms. The average molecular weight is 348 g/mol. The molecule has 118 valence electrons. The minimum atomic E-state index is -4.75. The Bertz CT molecular complexity index is 802. The molecule has 0 radical (unpaired) electrons. The van der Waals surface area contributed by atoms with Crippen LogP contribution in [-0.4, -0.2) is 29.5 Å². The molecule has 0 aliphatic heterocycles. The van der Waals surface area contributed by atoms with E-state index in [-0.39, 0.29) is 17.1 Å². The lowest BCUT2D eigenvalue weighted by Gasteiger charge is -2.07. The molecular formula is C10H14N4O6P2+2. The van der Waals surface area contributed by atoms with Crippen molar-refractivity contribution in [3.63, 3.8) is 0 Å². The van der Waals surface area contributed by atoms with E-state index in [0.717, 1.165) is 24.8 Å². The van der Waals surface area contributed by atoms with E-state index in [1.165, 1.54) is 6.20 Å². The van der Waals surface area contributed by atoms with Gasteiger partial charge in [-0.05, 0) is 6.42 Å². The Morgan fingerprint density at radius 3 is 2.18 bits per heavy atom. The standard InChI is InChI=1S/C10H12N4O6P2/c1-2-8-10(14(6-4-12-8)22(18,19)20)9-7-11-3-5-13(9)21(15,16)17/h3-7H,2H2,1H3,(H2-2,15,16,17,18,19,20)/p+2. The fourth-order valence-corrected chi connectivity index (χ4v) is 3.32. The topological polar surface area (TPSA) is 149 Å². The molecule has 2 aromatic heterocycles. The molecule has 0 fully saturated rings. The number of hydrogen-bond acceptors (Lipinski definition) is 4. The molecule has 0 bridgehead atoms. The number of nitrogens with zero attached hydrogens (tertiary/aromatic N) is 4. The fraction of sp³-hybridized carbons (Fsp3) is 0.200. The lowest BCUT2D eigenvalue weighted by molar-refractivity contribution is -0.561. The van der Waals surface area contributed by atoms with Crippen molar-refractivity contribution in [1.29, 1.82) is 0 Å². The Morgan fingerprint density at radius 2 is 1.64 bits per heavy atom. The van der Waals surface area contributed by atoms with Crippen LogP contribution in [0, 0.1) is 0 Å². The van der Waals surface area contributed by atoms with Gasteiger partial charge in [-0.25, -0.2) is 4.98 Å². The van der Waals surface area contributed by atoms with Crippen molar-refractivity contribution in [3.8, 4) is 11.4 Å². The Balaban J connectivity index is 2.90. The highest BCUT2D eigenvalue weighted by Gasteiger charge is 2.42. The Morgan fingerprint density at radius 1 is 1.05 bits per heavy atom. The van der Waals surface area contributed by atoms with E-state index in [0.29, 0.717) is 15.1 Å². The predicted octanol–water partition coefficient (Wildman–Crippen LogP) is -0.837. The van der Waals surface area contributed by atoms with Crippen molar-refractivity contribution >= 4 is 15.5 Å². The lowest BCUT2D eigenvalue weighted by Crippen LogP contribution is -2.41. The number of hydrogen-bond donors (Lipinski definition) is 4. The van der Waals surface area contributed by atoms with Gasteiger partial charge >= 0.3 is 26.9 Å². The van der Waals surface area contributed by atoms with Crippen LogP contribution in [0.15, 0.2) is 31.0 Å². The largest absolute Gasteiger partial charge is 0.608 e. The first-order valence-electron chi connectivity index (χ1n) is 6.04. The summed E-state index contributed by atoms with van der Waals surface area (Å²) in [6.07, 6.45) is 5.86. The van der Waals surface area contributed by atoms with Crippen LogP contribution in [0.2, 0.25) is 0 Å². The zero-order chi connectivity index (χ0) is 16.5. The van der Waals surface area contributed by atoms with E-state index in [2.05, 4.69) is 9.97 Å². The molecule has 0 saturated carbocycles. The van der Waals surface area contributed by atoms with Crippen LogP contribution in [-0.2, 0) is 15.6 Å². The van der Waals surface area contributed by atoms with E-state index < -0.39 is 15.5 Å². The second-order valence-corrected chi connectivity index (χ2v) is 7.17. The molecule has 0 aromatic carbocycles. The summed E-state index contributed by atoms with van der Waals surface area (Å²) >= 11 is 0. The van der Waals surface area contributed by atoms with Gasteiger partial charge in [-0.1, -0.05) is 11.3 Å². The van der Waals surface area contributed by atoms with E-state index in [1.54, 1.807) is 6.92 Å². The fourth-order valence-electron chi connectivity index (χ4n) is 1.95. The first-order valence-corrected chi connectivity index (χ1v) is 9.17. The van der Waals surface area contributed by atoms with Crippen LogP contribution < -0.4 is 8.68 Å². The van der Waals surface area contributed by atoms with E-state index >= 15 is 0 Å². The third-order valence-electron chi connectivity index (χ3n) is 2.82. The molecule has 0 atom stereocenters. The van der Waals surface area contributed by atoms with E-state index in [4.69, 9.17) is 0 Å². The van der Waals surface area contributed by atoms with Gasteiger partial charge in [0.25, 0.3) is 0 Å². The summed E-state index contributed by atoms with van der Waals surface area (Å²) in [5.74, 6) is 0. The molecule has 0 aliphatic rings. The van der Waals surface area contributed by atoms with Crippen LogP contribution in [0.25, 0.3) is 11.4 Å². The molecule has 10 nitrogen and oxygen atoms in total. The molecule has 2 rings (SSSR count). The summed E-state index contributed by atoms with van der Waals surface area (Å²) in [5.41, 5.74) is 0.0138. The van der Waals surface area contributed by atoms with Gasteiger partial charge in [0, 0.05) is 0 Å². The monoisotopic (exact) mass is 348 g/mol. The van der Waals surface area contributed by atoms with Gasteiger partial charge in [0.05, 0.1) is 12.4 Å². The molecule has 0 saturated heterocycles. The molecule has 2 aromatic rings. The van der Waals surface area contributed by atoms with Gasteiger partial charge < -0.3 is 0 Å². The van der Waals surface area contributed by atoms with Crippen LogP contribution in [0.4, 0.5) is 0 Å². The zero-order valence-corrected chi connectivity index (χ0v) is 13.2. The van der Waals surface area contributed by atoms with Crippen LogP contribution >= 0.6 is 15.5 Å². The second kappa shape index (κ2) is 5.92. The minimum Gasteiger partial charge on any atom is -0.271 e. The maximum absolute atomic E-state index is 11.7. The molecule has 0 unspecified atom stereocenters. The van der Waals surface area contributed by atoms with Crippen molar-refractivity contribution in [3.05, 3.63) is 36.7 Å². The molecule has 2 heterocycles. The maximum atomic E-state index is 11.7. The molecule has 22 heavy (non-hydrogen) atoms. The zero-order valence-electron chi connectivity index (χ0n) is 11.4. The molecule has 12 heteroatoms. The van der Waals surface area contributed by atoms with Gasteiger partial charge in [0.15, 0.2) is 12.4 Å². The summed E-state index contributed by atoms with van der Waals surface area (Å²) in [6, 6.07) is 0. The SMILES string of the molecule is CCc1ncc[n+](P(=O)(O)O)c1-c1cncc[n+]1P(=O)(O)O. The molecule has 0 amide bonds. The van der Waals surface area contributed by atoms with Crippen LogP contribution in [0.1, 0.15) is 12.6 Å². The van der Waals surface area contributed by atoms with Crippen molar-refractivity contribution in [2.75, 3.05) is 0 Å². The molecule has 0 aliphatic carbocycles. The van der Waals surface area contributed by atoms with E-state index in [1.807, 2.05) is 0 Å². The number of rotatable bonds is 4. The first-order chi connectivity index (χ1) is 10.2. The maximum Gasteiger partial charge on any atom is 0.608 e. The van der Waals surface area contributed by atoms with Gasteiger partial charge in [-0.2, -0.15) is 9.13 Å². The summed E-state index contributed by atoms with van der Waals surface area (Å²) in [4.78, 5) is 45.5. The van der Waals surface area contributed by atoms with Crippen molar-refractivity contribution in [2.45, 2.75) is 13.3 Å².